The van der Waals surface area contributed by atoms with Crippen LogP contribution in [0.1, 0.15) is 181 Å². The summed E-state index contributed by atoms with van der Waals surface area (Å²) in [5, 5.41) is 0. The molecule has 2 unspecified atom stereocenters. The number of quaternary nitrogens is 1. The van der Waals surface area contributed by atoms with Crippen LogP contribution in [-0.4, -0.2) is 74.9 Å². The highest BCUT2D eigenvalue weighted by atomic mass is 31.2. The van der Waals surface area contributed by atoms with E-state index in [1.807, 2.05) is 21.1 Å². The smallest absolute Gasteiger partial charge is 0.462 e. The Morgan fingerprint density at radius 2 is 0.764 bits per heavy atom. The highest BCUT2D eigenvalue weighted by Crippen LogP contribution is 2.43. The zero-order valence-corrected chi connectivity index (χ0v) is 46.7. The second-order valence-corrected chi connectivity index (χ2v) is 20.3. The van der Waals surface area contributed by atoms with E-state index in [4.69, 9.17) is 18.5 Å². The normalized spacial score (nSPS) is 14.5. The fourth-order valence-electron chi connectivity index (χ4n) is 6.68. The van der Waals surface area contributed by atoms with Crippen LogP contribution in [0.2, 0.25) is 0 Å². The highest BCUT2D eigenvalue weighted by molar-refractivity contribution is 7.47. The van der Waals surface area contributed by atoms with Crippen LogP contribution in [0.3, 0.4) is 0 Å². The Morgan fingerprint density at radius 3 is 1.15 bits per heavy atom. The maximum Gasteiger partial charge on any atom is 0.472 e. The maximum absolute atomic E-state index is 12.8. The molecule has 0 rings (SSSR count). The van der Waals surface area contributed by atoms with Crippen molar-refractivity contribution in [3.63, 3.8) is 0 Å². The van der Waals surface area contributed by atoms with Gasteiger partial charge in [-0.1, -0.05) is 205 Å². The molecule has 0 radical (unpaired) electrons. The predicted octanol–water partition coefficient (Wildman–Crippen LogP) is 17.1. The van der Waals surface area contributed by atoms with Gasteiger partial charge in [0.05, 0.1) is 27.7 Å². The number of nitrogens with zero attached hydrogens (tertiary/aromatic N) is 1. The van der Waals surface area contributed by atoms with Gasteiger partial charge in [0.25, 0.3) is 0 Å². The minimum absolute atomic E-state index is 0.0129. The van der Waals surface area contributed by atoms with Gasteiger partial charge in [0.15, 0.2) is 6.10 Å². The van der Waals surface area contributed by atoms with E-state index in [1.54, 1.807) is 0 Å². The van der Waals surface area contributed by atoms with Crippen molar-refractivity contribution in [1.29, 1.82) is 0 Å². The molecule has 0 bridgehead atoms. The average Bonchev–Trinajstić information content (AvgIpc) is 3.34. The molecule has 0 saturated heterocycles. The van der Waals surface area contributed by atoms with Crippen molar-refractivity contribution >= 4 is 19.8 Å². The molecular formula is C62H101NO8P+. The molecule has 0 aromatic heterocycles. The van der Waals surface area contributed by atoms with Crippen molar-refractivity contribution in [1.82, 2.24) is 0 Å². The van der Waals surface area contributed by atoms with Gasteiger partial charge in [0.1, 0.15) is 19.8 Å². The fourth-order valence-corrected chi connectivity index (χ4v) is 7.42. The Kier molecular flexibility index (Phi) is 48.8. The van der Waals surface area contributed by atoms with Gasteiger partial charge in [-0.3, -0.25) is 18.6 Å². The van der Waals surface area contributed by atoms with Crippen molar-refractivity contribution in [2.24, 2.45) is 0 Å². The molecule has 72 heavy (non-hydrogen) atoms. The first kappa shape index (κ1) is 67.9. The lowest BCUT2D eigenvalue weighted by Crippen LogP contribution is -2.37. The van der Waals surface area contributed by atoms with Gasteiger partial charge in [0, 0.05) is 12.8 Å². The van der Waals surface area contributed by atoms with Gasteiger partial charge in [-0.2, -0.15) is 0 Å². The lowest BCUT2D eigenvalue weighted by Gasteiger charge is -2.24. The Morgan fingerprint density at radius 1 is 0.431 bits per heavy atom. The molecule has 0 aliphatic heterocycles. The van der Waals surface area contributed by atoms with Crippen LogP contribution in [0.15, 0.2) is 146 Å². The summed E-state index contributed by atoms with van der Waals surface area (Å²) in [7, 11) is 1.42. The van der Waals surface area contributed by atoms with Gasteiger partial charge >= 0.3 is 19.8 Å². The number of rotatable bonds is 48. The number of ether oxygens (including phenoxy) is 2. The molecular weight excluding hydrogens is 918 g/mol. The molecule has 0 spiro atoms. The minimum atomic E-state index is -4.41. The summed E-state index contributed by atoms with van der Waals surface area (Å²) < 4.78 is 34.4. The molecule has 0 amide bonds. The third kappa shape index (κ3) is 55.2. The largest absolute Gasteiger partial charge is 0.472 e. The number of carbonyl (C=O) groups excluding carboxylic acids is 2. The molecule has 0 saturated carbocycles. The van der Waals surface area contributed by atoms with Crippen LogP contribution >= 0.6 is 7.82 Å². The van der Waals surface area contributed by atoms with Gasteiger partial charge in [-0.25, -0.2) is 4.57 Å². The van der Waals surface area contributed by atoms with E-state index in [2.05, 4.69) is 160 Å². The molecule has 0 heterocycles. The van der Waals surface area contributed by atoms with E-state index in [0.717, 1.165) is 109 Å². The summed E-state index contributed by atoms with van der Waals surface area (Å²) in [6.45, 7) is 4.10. The zero-order chi connectivity index (χ0) is 52.7. The minimum Gasteiger partial charge on any atom is -0.462 e. The fraction of sp³-hybridized carbons (Fsp3) is 0.581. The number of hydrogen-bond acceptors (Lipinski definition) is 7. The van der Waals surface area contributed by atoms with Crippen LogP contribution < -0.4 is 0 Å². The van der Waals surface area contributed by atoms with Crippen molar-refractivity contribution in [2.45, 2.75) is 187 Å². The lowest BCUT2D eigenvalue weighted by atomic mass is 10.1. The summed E-state index contributed by atoms with van der Waals surface area (Å²) >= 11 is 0. The Bertz CT molecular complexity index is 1720. The quantitative estimate of drug-likeness (QED) is 0.0211. The Balaban J connectivity index is 4.28. The Labute approximate surface area is 440 Å². The number of unbranched alkanes of at least 4 members (excludes halogenated alkanes) is 10. The SMILES string of the molecule is CC/C=C\C/C=C\C/C=C\C/C=C\C/C=C\C/C=C\C/C=C\CCCCCCCCCCCC(=O)OC(COC(=O)CCC/C=C\C/C=C\C/C=C\C/C=C\C/C=C\CC)COP(=O)(O)OCC[N+](C)(C)C. The average molecular weight is 1020 g/mol. The number of phosphoric acid groups is 1. The van der Waals surface area contributed by atoms with Crippen LogP contribution in [-0.2, 0) is 32.7 Å². The molecule has 2 atom stereocenters. The van der Waals surface area contributed by atoms with Gasteiger partial charge < -0.3 is 18.9 Å². The molecule has 1 N–H and O–H groups in total. The summed E-state index contributed by atoms with van der Waals surface area (Å²) in [6.07, 6.45) is 76.3. The number of hydrogen-bond donors (Lipinski definition) is 1. The van der Waals surface area contributed by atoms with E-state index in [0.29, 0.717) is 23.9 Å². The van der Waals surface area contributed by atoms with Crippen molar-refractivity contribution < 1.29 is 42.1 Å². The highest BCUT2D eigenvalue weighted by Gasteiger charge is 2.27. The topological polar surface area (TPSA) is 108 Å². The maximum atomic E-state index is 12.8. The van der Waals surface area contributed by atoms with Crippen molar-refractivity contribution in [2.75, 3.05) is 47.5 Å². The second kappa shape index (κ2) is 51.8. The van der Waals surface area contributed by atoms with E-state index in [-0.39, 0.29) is 26.1 Å². The summed E-state index contributed by atoms with van der Waals surface area (Å²) in [4.78, 5) is 35.6. The number of carbonyl (C=O) groups is 2. The summed E-state index contributed by atoms with van der Waals surface area (Å²) in [6, 6.07) is 0. The Hall–Kier alpha value is -4.11. The first-order valence-corrected chi connectivity index (χ1v) is 29.1. The second-order valence-electron chi connectivity index (χ2n) is 18.8. The summed E-state index contributed by atoms with van der Waals surface area (Å²) in [5.41, 5.74) is 0. The van der Waals surface area contributed by atoms with Crippen molar-refractivity contribution in [3.8, 4) is 0 Å². The number of esters is 2. The lowest BCUT2D eigenvalue weighted by molar-refractivity contribution is -0.870. The number of phosphoric ester groups is 1. The van der Waals surface area contributed by atoms with Gasteiger partial charge in [-0.15, -0.1) is 0 Å². The molecule has 406 valence electrons. The van der Waals surface area contributed by atoms with Crippen LogP contribution in [0.5, 0.6) is 0 Å². The first-order chi connectivity index (χ1) is 35.0. The van der Waals surface area contributed by atoms with Gasteiger partial charge in [0.2, 0.25) is 0 Å². The van der Waals surface area contributed by atoms with Crippen LogP contribution in [0.4, 0.5) is 0 Å². The monoisotopic (exact) mass is 1020 g/mol. The number of allylic oxidation sites excluding steroid dienone is 24. The van der Waals surface area contributed by atoms with E-state index in [1.165, 1.54) is 32.1 Å². The number of likely N-dealkylation sites (N-methyl/N-ethyl adjacent to an activating group) is 1. The molecule has 0 aliphatic carbocycles. The van der Waals surface area contributed by atoms with Gasteiger partial charge in [-0.05, 0) is 109 Å². The van der Waals surface area contributed by atoms with E-state index in [9.17, 15) is 19.0 Å². The molecule has 0 aliphatic rings. The third-order valence-corrected chi connectivity index (χ3v) is 11.8. The van der Waals surface area contributed by atoms with E-state index >= 15 is 0 Å². The first-order valence-electron chi connectivity index (χ1n) is 27.6. The standard InChI is InChI=1S/C62H100NO8P/c1-6-8-10-12-14-16-18-20-22-24-25-26-27-28-29-30-31-32-33-34-35-36-37-39-41-43-45-47-49-51-53-55-62(65)71-60(59-70-72(66,67)69-57-56-63(3,4)5)58-68-61(64)54-52-50-48-46-44-42-40-38-23-21-19-17-15-13-11-9-7-2/h8-11,14-17,20-23,25-26,28-29,31-32,34-35,40,42,46,48,60H,6-7,12-13,18-19,24,27,30,33,36-39,41,43-45,47,49-59H2,1-5H3/p+1/b10-8-,11-9-,16-14-,17-15-,22-20-,23-21-,26-25-,29-28-,32-31-,35-34-,42-40-,48-46-. The van der Waals surface area contributed by atoms with E-state index < -0.39 is 32.5 Å². The zero-order valence-electron chi connectivity index (χ0n) is 45.8. The predicted molar refractivity (Wildman–Crippen MR) is 307 cm³/mol. The van der Waals surface area contributed by atoms with Crippen LogP contribution in [0, 0.1) is 0 Å². The molecule has 0 aromatic carbocycles. The third-order valence-electron chi connectivity index (χ3n) is 10.9. The summed E-state index contributed by atoms with van der Waals surface area (Å²) in [5.74, 6) is -0.887. The molecule has 0 aromatic rings. The molecule has 10 heteroatoms. The van der Waals surface area contributed by atoms with Crippen LogP contribution in [0.25, 0.3) is 0 Å². The van der Waals surface area contributed by atoms with Crippen molar-refractivity contribution in [3.05, 3.63) is 146 Å². The molecule has 9 nitrogen and oxygen atoms in total. The molecule has 0 fully saturated rings.